The summed E-state index contributed by atoms with van der Waals surface area (Å²) in [6, 6.07) is 14.4. The van der Waals surface area contributed by atoms with Crippen LogP contribution >= 0.6 is 0 Å². The summed E-state index contributed by atoms with van der Waals surface area (Å²) in [7, 11) is 0. The molecule has 4 rings (SSSR count). The Kier molecular flexibility index (Phi) is 9.82. The molecular formula is C34H38F4. The molecule has 0 nitrogen and oxygen atoms in total. The maximum absolute atomic E-state index is 14.9. The van der Waals surface area contributed by atoms with Crippen molar-refractivity contribution in [2.24, 2.45) is 5.92 Å². The van der Waals surface area contributed by atoms with Crippen molar-refractivity contribution in [3.05, 3.63) is 100 Å². The largest absolute Gasteiger partial charge is 0.203 e. The zero-order valence-corrected chi connectivity index (χ0v) is 22.6. The lowest BCUT2D eigenvalue weighted by molar-refractivity contribution is 0.438. The van der Waals surface area contributed by atoms with Gasteiger partial charge in [-0.05, 0) is 85.1 Å². The van der Waals surface area contributed by atoms with Gasteiger partial charge in [-0.25, -0.2) is 17.6 Å². The fourth-order valence-electron chi connectivity index (χ4n) is 5.50. The Morgan fingerprint density at radius 1 is 0.658 bits per heavy atom. The second-order valence-electron chi connectivity index (χ2n) is 10.6. The van der Waals surface area contributed by atoms with Gasteiger partial charge in [0.15, 0.2) is 23.3 Å². The molecule has 0 saturated carbocycles. The van der Waals surface area contributed by atoms with E-state index in [0.29, 0.717) is 47.4 Å². The highest BCUT2D eigenvalue weighted by Gasteiger charge is 2.22. The molecule has 0 spiro atoms. The molecule has 4 heteroatoms. The Morgan fingerprint density at radius 2 is 1.32 bits per heavy atom. The van der Waals surface area contributed by atoms with Crippen LogP contribution in [0.25, 0.3) is 16.7 Å². The van der Waals surface area contributed by atoms with E-state index in [4.69, 9.17) is 0 Å². The van der Waals surface area contributed by atoms with E-state index in [0.717, 1.165) is 56.9 Å². The molecule has 1 unspecified atom stereocenters. The van der Waals surface area contributed by atoms with E-state index in [-0.39, 0.29) is 5.56 Å². The van der Waals surface area contributed by atoms with Gasteiger partial charge in [0.25, 0.3) is 0 Å². The Hall–Kier alpha value is -2.88. The summed E-state index contributed by atoms with van der Waals surface area (Å²) >= 11 is 0. The molecule has 0 heterocycles. The second-order valence-corrected chi connectivity index (χ2v) is 10.6. The first-order valence-corrected chi connectivity index (χ1v) is 14.1. The van der Waals surface area contributed by atoms with E-state index in [1.165, 1.54) is 5.56 Å². The Balaban J connectivity index is 1.37. The molecule has 0 bridgehead atoms. The van der Waals surface area contributed by atoms with Gasteiger partial charge < -0.3 is 0 Å². The molecule has 0 fully saturated rings. The molecule has 202 valence electrons. The average Bonchev–Trinajstić information content (AvgIpc) is 2.93. The summed E-state index contributed by atoms with van der Waals surface area (Å²) < 4.78 is 59.3. The second kappa shape index (κ2) is 13.3. The van der Waals surface area contributed by atoms with Crippen LogP contribution in [0.4, 0.5) is 17.6 Å². The topological polar surface area (TPSA) is 0 Å². The maximum Gasteiger partial charge on any atom is 0.166 e. The fraction of sp³-hybridized carbons (Fsp3) is 0.412. The first kappa shape index (κ1) is 28.1. The van der Waals surface area contributed by atoms with E-state index in [9.17, 15) is 17.6 Å². The number of aryl methyl sites for hydroxylation is 3. The van der Waals surface area contributed by atoms with E-state index in [1.807, 2.05) is 30.3 Å². The van der Waals surface area contributed by atoms with Gasteiger partial charge in [0.05, 0.1) is 0 Å². The van der Waals surface area contributed by atoms with Crippen molar-refractivity contribution in [2.75, 3.05) is 0 Å². The molecule has 0 aromatic heterocycles. The van der Waals surface area contributed by atoms with E-state index >= 15 is 0 Å². The van der Waals surface area contributed by atoms with Gasteiger partial charge in [0.1, 0.15) is 0 Å². The minimum Gasteiger partial charge on any atom is -0.203 e. The van der Waals surface area contributed by atoms with Crippen molar-refractivity contribution in [3.63, 3.8) is 0 Å². The van der Waals surface area contributed by atoms with Gasteiger partial charge in [-0.3, -0.25) is 0 Å². The number of allylic oxidation sites excluding steroid dienone is 2. The first-order valence-electron chi connectivity index (χ1n) is 14.1. The molecular weight excluding hydrogens is 484 g/mol. The van der Waals surface area contributed by atoms with Crippen molar-refractivity contribution in [3.8, 4) is 11.1 Å². The van der Waals surface area contributed by atoms with Crippen molar-refractivity contribution in [1.29, 1.82) is 0 Å². The van der Waals surface area contributed by atoms with Crippen LogP contribution in [-0.4, -0.2) is 0 Å². The number of benzene rings is 3. The first-order chi connectivity index (χ1) is 18.4. The highest BCUT2D eigenvalue weighted by atomic mass is 19.2. The van der Waals surface area contributed by atoms with Crippen LogP contribution in [0.2, 0.25) is 0 Å². The van der Waals surface area contributed by atoms with Crippen LogP contribution in [0.3, 0.4) is 0 Å². The normalized spacial score (nSPS) is 15.5. The van der Waals surface area contributed by atoms with Gasteiger partial charge >= 0.3 is 0 Å². The average molecular weight is 523 g/mol. The molecule has 0 amide bonds. The van der Waals surface area contributed by atoms with Crippen LogP contribution in [0, 0.1) is 29.2 Å². The predicted molar refractivity (Wildman–Crippen MR) is 149 cm³/mol. The van der Waals surface area contributed by atoms with Crippen LogP contribution in [0.15, 0.2) is 54.6 Å². The molecule has 1 aliphatic rings. The summed E-state index contributed by atoms with van der Waals surface area (Å²) in [6.07, 6.45) is 10.8. The predicted octanol–water partition coefficient (Wildman–Crippen LogP) is 10.4. The van der Waals surface area contributed by atoms with Crippen molar-refractivity contribution in [2.45, 2.75) is 84.5 Å². The Labute approximate surface area is 224 Å². The third-order valence-corrected chi connectivity index (χ3v) is 7.87. The number of hydrogen-bond donors (Lipinski definition) is 0. The molecule has 1 atom stereocenters. The van der Waals surface area contributed by atoms with Gasteiger partial charge in [-0.1, -0.05) is 87.7 Å². The molecule has 1 aliphatic carbocycles. The highest BCUT2D eigenvalue weighted by molar-refractivity contribution is 5.67. The third kappa shape index (κ3) is 6.57. The summed E-state index contributed by atoms with van der Waals surface area (Å²) in [5, 5.41) is 0. The van der Waals surface area contributed by atoms with Gasteiger partial charge in [-0.15, -0.1) is 0 Å². The molecule has 0 N–H and O–H groups in total. The number of halogens is 4. The zero-order valence-electron chi connectivity index (χ0n) is 22.6. The van der Waals surface area contributed by atoms with Gasteiger partial charge in [0, 0.05) is 11.1 Å². The minimum absolute atomic E-state index is 0.283. The van der Waals surface area contributed by atoms with Crippen LogP contribution in [0.1, 0.15) is 87.5 Å². The number of rotatable bonds is 11. The standard InChI is InChI=1S/C34H38F4/c1-3-5-6-8-27-19-21-29(33(37)31(27)35)26-16-11-24(12-17-26)13-18-28-20-22-30(34(38)32(28)36)25-14-9-23(7-4-2)10-15-25/h9-10,14-16,19-22,24H,3-8,11-13,17-18H2,1-2H3. The van der Waals surface area contributed by atoms with Crippen molar-refractivity contribution >= 4 is 5.57 Å². The molecule has 0 aliphatic heterocycles. The summed E-state index contributed by atoms with van der Waals surface area (Å²) in [6.45, 7) is 4.19. The number of unbranched alkanes of at least 4 members (excludes halogenated alkanes) is 2. The molecule has 3 aromatic rings. The fourth-order valence-corrected chi connectivity index (χ4v) is 5.50. The highest BCUT2D eigenvalue weighted by Crippen LogP contribution is 2.35. The van der Waals surface area contributed by atoms with E-state index in [2.05, 4.69) is 13.8 Å². The summed E-state index contributed by atoms with van der Waals surface area (Å²) in [4.78, 5) is 0. The lowest BCUT2D eigenvalue weighted by atomic mass is 9.83. The van der Waals surface area contributed by atoms with E-state index in [1.54, 1.807) is 24.3 Å². The number of hydrogen-bond acceptors (Lipinski definition) is 0. The maximum atomic E-state index is 14.9. The van der Waals surface area contributed by atoms with Crippen LogP contribution in [-0.2, 0) is 19.3 Å². The SMILES string of the molecule is CCCCCc1ccc(C2=CCC(CCc3ccc(-c4ccc(CCC)cc4)c(F)c3F)CC2)c(F)c1F. The lowest BCUT2D eigenvalue weighted by Crippen LogP contribution is -2.09. The van der Waals surface area contributed by atoms with E-state index < -0.39 is 23.3 Å². The lowest BCUT2D eigenvalue weighted by Gasteiger charge is -2.23. The summed E-state index contributed by atoms with van der Waals surface area (Å²) in [5.74, 6) is -2.75. The Bertz CT molecular complexity index is 1260. The molecule has 3 aromatic carbocycles. The summed E-state index contributed by atoms with van der Waals surface area (Å²) in [5.41, 5.74) is 4.17. The van der Waals surface area contributed by atoms with Crippen molar-refractivity contribution < 1.29 is 17.6 Å². The molecule has 0 radical (unpaired) electrons. The van der Waals surface area contributed by atoms with Gasteiger partial charge in [0.2, 0.25) is 0 Å². The molecule has 38 heavy (non-hydrogen) atoms. The van der Waals surface area contributed by atoms with Crippen LogP contribution in [0.5, 0.6) is 0 Å². The zero-order chi connectivity index (χ0) is 27.1. The molecule has 0 saturated heterocycles. The van der Waals surface area contributed by atoms with Gasteiger partial charge in [-0.2, -0.15) is 0 Å². The third-order valence-electron chi connectivity index (χ3n) is 7.87. The monoisotopic (exact) mass is 522 g/mol. The Morgan fingerprint density at radius 3 is 1.95 bits per heavy atom. The smallest absolute Gasteiger partial charge is 0.166 e. The van der Waals surface area contributed by atoms with Crippen molar-refractivity contribution in [1.82, 2.24) is 0 Å². The quantitative estimate of drug-likeness (QED) is 0.174. The minimum atomic E-state index is -0.799. The van der Waals surface area contributed by atoms with Crippen LogP contribution < -0.4 is 0 Å².